The van der Waals surface area contributed by atoms with Crippen molar-refractivity contribution in [3.05, 3.63) is 76.3 Å². The summed E-state index contributed by atoms with van der Waals surface area (Å²) in [5.41, 5.74) is -0.815. The second-order valence-electron chi connectivity index (χ2n) is 5.52. The van der Waals surface area contributed by atoms with Crippen LogP contribution in [-0.2, 0) is 12.7 Å². The first-order valence-corrected chi connectivity index (χ1v) is 9.42. The number of thiazole rings is 1. The quantitative estimate of drug-likeness (QED) is 0.513. The minimum absolute atomic E-state index is 0.127. The van der Waals surface area contributed by atoms with Gasteiger partial charge < -0.3 is 5.32 Å². The average molecular weight is 428 g/mol. The highest BCUT2D eigenvalue weighted by Crippen LogP contribution is 2.37. The SMILES string of the molecule is CC.O=C(NCc1cccc(F)c1)c1sc(-c2cccc(F)c2)nc1C(F)(F)F. The lowest BCUT2D eigenvalue weighted by atomic mass is 10.2. The molecule has 154 valence electrons. The van der Waals surface area contributed by atoms with Crippen LogP contribution in [0.4, 0.5) is 22.0 Å². The molecule has 0 aliphatic heterocycles. The second kappa shape index (κ2) is 9.60. The maximum atomic E-state index is 13.3. The Bertz CT molecular complexity index is 985. The molecule has 0 bridgehead atoms. The number of alkyl halides is 3. The van der Waals surface area contributed by atoms with Gasteiger partial charge in [0.1, 0.15) is 21.5 Å². The van der Waals surface area contributed by atoms with E-state index in [1.54, 1.807) is 0 Å². The zero-order valence-electron chi connectivity index (χ0n) is 15.5. The van der Waals surface area contributed by atoms with Crippen molar-refractivity contribution in [2.75, 3.05) is 0 Å². The standard InChI is InChI=1S/C18H11F5N2OS.C2H6/c19-12-5-1-3-10(7-12)9-24-16(26)14-15(18(21,22)23)25-17(27-14)11-4-2-6-13(20)8-11;1-2/h1-8H,9H2,(H,24,26);1-2H3. The molecule has 1 heterocycles. The zero-order valence-corrected chi connectivity index (χ0v) is 16.3. The third-order valence-electron chi connectivity index (χ3n) is 3.52. The number of aromatic nitrogens is 1. The number of halogens is 5. The molecule has 1 amide bonds. The van der Waals surface area contributed by atoms with E-state index in [-0.39, 0.29) is 17.1 Å². The number of carbonyl (C=O) groups excluding carboxylic acids is 1. The van der Waals surface area contributed by atoms with Crippen molar-refractivity contribution in [1.29, 1.82) is 0 Å². The third-order valence-corrected chi connectivity index (χ3v) is 4.62. The van der Waals surface area contributed by atoms with Crippen LogP contribution >= 0.6 is 11.3 Å². The van der Waals surface area contributed by atoms with E-state index in [4.69, 9.17) is 0 Å². The summed E-state index contributed by atoms with van der Waals surface area (Å²) in [6, 6.07) is 10.2. The van der Waals surface area contributed by atoms with Crippen LogP contribution in [0.3, 0.4) is 0 Å². The topological polar surface area (TPSA) is 42.0 Å². The van der Waals surface area contributed by atoms with Gasteiger partial charge in [-0.2, -0.15) is 13.2 Å². The van der Waals surface area contributed by atoms with Crippen LogP contribution in [-0.4, -0.2) is 10.9 Å². The average Bonchev–Trinajstić information content (AvgIpc) is 3.14. The van der Waals surface area contributed by atoms with Crippen molar-refractivity contribution >= 4 is 17.2 Å². The monoisotopic (exact) mass is 428 g/mol. The number of hydrogen-bond donors (Lipinski definition) is 1. The summed E-state index contributed by atoms with van der Waals surface area (Å²) in [5, 5.41) is 2.19. The van der Waals surface area contributed by atoms with E-state index < -0.39 is 34.3 Å². The molecule has 0 aliphatic rings. The van der Waals surface area contributed by atoms with Crippen LogP contribution in [0.5, 0.6) is 0 Å². The van der Waals surface area contributed by atoms with Gasteiger partial charge in [0.25, 0.3) is 5.91 Å². The fraction of sp³-hybridized carbons (Fsp3) is 0.200. The highest BCUT2D eigenvalue weighted by Gasteiger charge is 2.39. The van der Waals surface area contributed by atoms with Crippen molar-refractivity contribution in [2.24, 2.45) is 0 Å². The predicted molar refractivity (Wildman–Crippen MR) is 101 cm³/mol. The largest absolute Gasteiger partial charge is 0.435 e. The van der Waals surface area contributed by atoms with E-state index in [9.17, 15) is 26.7 Å². The van der Waals surface area contributed by atoms with E-state index in [2.05, 4.69) is 10.3 Å². The van der Waals surface area contributed by atoms with Crippen LogP contribution in [0.2, 0.25) is 0 Å². The fourth-order valence-corrected chi connectivity index (χ4v) is 3.32. The van der Waals surface area contributed by atoms with E-state index in [1.165, 1.54) is 30.3 Å². The summed E-state index contributed by atoms with van der Waals surface area (Å²) >= 11 is 0.511. The smallest absolute Gasteiger partial charge is 0.347 e. The second-order valence-corrected chi connectivity index (χ2v) is 6.52. The van der Waals surface area contributed by atoms with Gasteiger partial charge in [0, 0.05) is 12.1 Å². The maximum Gasteiger partial charge on any atom is 0.435 e. The summed E-state index contributed by atoms with van der Waals surface area (Å²) in [6.07, 6.45) is -4.85. The van der Waals surface area contributed by atoms with Crippen molar-refractivity contribution in [1.82, 2.24) is 10.3 Å². The van der Waals surface area contributed by atoms with E-state index in [1.807, 2.05) is 13.8 Å². The van der Waals surface area contributed by atoms with Gasteiger partial charge in [-0.05, 0) is 29.8 Å². The molecule has 1 N–H and O–H groups in total. The Balaban J connectivity index is 0.00000145. The van der Waals surface area contributed by atoms with E-state index in [0.717, 1.165) is 18.2 Å². The lowest BCUT2D eigenvalue weighted by Crippen LogP contribution is -2.24. The molecule has 1 aromatic heterocycles. The summed E-state index contributed by atoms with van der Waals surface area (Å²) in [6.45, 7) is 3.85. The molecule has 0 spiro atoms. The molecule has 2 aromatic carbocycles. The van der Waals surface area contributed by atoms with E-state index >= 15 is 0 Å². The van der Waals surface area contributed by atoms with E-state index in [0.29, 0.717) is 16.9 Å². The van der Waals surface area contributed by atoms with Crippen molar-refractivity contribution in [3.63, 3.8) is 0 Å². The van der Waals surface area contributed by atoms with Crippen LogP contribution in [0.1, 0.15) is 34.8 Å². The molecule has 3 nitrogen and oxygen atoms in total. The molecule has 9 heteroatoms. The summed E-state index contributed by atoms with van der Waals surface area (Å²) < 4.78 is 66.3. The Morgan fingerprint density at radius 1 is 1.03 bits per heavy atom. The molecule has 0 fully saturated rings. The molecule has 0 saturated heterocycles. The number of rotatable bonds is 4. The molecule has 0 saturated carbocycles. The predicted octanol–water partition coefficient (Wildman–Crippen LogP) is 6.06. The first kappa shape index (κ1) is 22.5. The maximum absolute atomic E-state index is 13.3. The number of amides is 1. The van der Waals surface area contributed by atoms with Gasteiger partial charge in [0.2, 0.25) is 0 Å². The van der Waals surface area contributed by atoms with Gasteiger partial charge in [-0.25, -0.2) is 13.8 Å². The number of carbonyl (C=O) groups is 1. The molecular weight excluding hydrogens is 411 g/mol. The van der Waals surface area contributed by atoms with Gasteiger partial charge >= 0.3 is 6.18 Å². The first-order valence-electron chi connectivity index (χ1n) is 8.60. The van der Waals surface area contributed by atoms with Crippen molar-refractivity contribution in [2.45, 2.75) is 26.6 Å². The zero-order chi connectivity index (χ0) is 21.6. The Hall–Kier alpha value is -2.81. The Morgan fingerprint density at radius 3 is 2.24 bits per heavy atom. The van der Waals surface area contributed by atoms with Gasteiger partial charge in [-0.1, -0.05) is 38.1 Å². The molecule has 0 radical (unpaired) electrons. The van der Waals surface area contributed by atoms with Crippen molar-refractivity contribution < 1.29 is 26.7 Å². The number of nitrogens with zero attached hydrogens (tertiary/aromatic N) is 1. The summed E-state index contributed by atoms with van der Waals surface area (Å²) in [7, 11) is 0. The Labute approximate surface area is 168 Å². The molecular formula is C20H17F5N2OS. The van der Waals surface area contributed by atoms with Gasteiger partial charge in [0.15, 0.2) is 5.69 Å². The number of benzene rings is 2. The fourth-order valence-electron chi connectivity index (χ4n) is 2.32. The molecule has 0 aliphatic carbocycles. The van der Waals surface area contributed by atoms with Crippen LogP contribution < -0.4 is 5.32 Å². The Morgan fingerprint density at radius 2 is 1.66 bits per heavy atom. The van der Waals surface area contributed by atoms with Gasteiger partial charge in [-0.15, -0.1) is 11.3 Å². The lowest BCUT2D eigenvalue weighted by molar-refractivity contribution is -0.141. The first-order chi connectivity index (χ1) is 13.7. The molecule has 0 atom stereocenters. The van der Waals surface area contributed by atoms with Crippen LogP contribution in [0, 0.1) is 11.6 Å². The van der Waals surface area contributed by atoms with Crippen LogP contribution in [0.15, 0.2) is 48.5 Å². The molecule has 3 rings (SSSR count). The van der Waals surface area contributed by atoms with Gasteiger partial charge in [-0.3, -0.25) is 4.79 Å². The highest BCUT2D eigenvalue weighted by molar-refractivity contribution is 7.17. The minimum atomic E-state index is -4.85. The lowest BCUT2D eigenvalue weighted by Gasteiger charge is -2.07. The summed E-state index contributed by atoms with van der Waals surface area (Å²) in [4.78, 5) is 15.1. The van der Waals surface area contributed by atoms with Crippen LogP contribution in [0.25, 0.3) is 10.6 Å². The third kappa shape index (κ3) is 5.83. The summed E-state index contributed by atoms with van der Waals surface area (Å²) in [5.74, 6) is -2.15. The normalized spacial score (nSPS) is 10.9. The number of hydrogen-bond acceptors (Lipinski definition) is 3. The Kier molecular flexibility index (Phi) is 7.44. The van der Waals surface area contributed by atoms with Crippen molar-refractivity contribution in [3.8, 4) is 10.6 Å². The highest BCUT2D eigenvalue weighted by atomic mass is 32.1. The minimum Gasteiger partial charge on any atom is -0.347 e. The molecule has 0 unspecified atom stereocenters. The number of nitrogens with one attached hydrogen (secondary N) is 1. The molecule has 3 aromatic rings. The molecule has 29 heavy (non-hydrogen) atoms. The van der Waals surface area contributed by atoms with Gasteiger partial charge in [0.05, 0.1) is 0 Å².